The van der Waals surface area contributed by atoms with Gasteiger partial charge in [-0.3, -0.25) is 4.90 Å². The molecule has 1 aromatic rings. The number of benzene rings is 1. The van der Waals surface area contributed by atoms with Gasteiger partial charge in [-0.2, -0.15) is 0 Å². The lowest BCUT2D eigenvalue weighted by Gasteiger charge is -2.26. The highest BCUT2D eigenvalue weighted by molar-refractivity contribution is 9.10. The van der Waals surface area contributed by atoms with Crippen LogP contribution in [-0.4, -0.2) is 24.0 Å². The molecule has 0 bridgehead atoms. The van der Waals surface area contributed by atoms with Crippen molar-refractivity contribution in [2.24, 2.45) is 5.73 Å². The summed E-state index contributed by atoms with van der Waals surface area (Å²) < 4.78 is 1.14. The van der Waals surface area contributed by atoms with E-state index in [2.05, 4.69) is 52.1 Å². The van der Waals surface area contributed by atoms with E-state index < -0.39 is 0 Å². The molecule has 1 aromatic carbocycles. The van der Waals surface area contributed by atoms with Gasteiger partial charge in [0.2, 0.25) is 0 Å². The number of rotatable bonds is 4. The summed E-state index contributed by atoms with van der Waals surface area (Å²) in [6, 6.07) is 8.46. The number of hydrogen-bond donors (Lipinski definition) is 1. The zero-order valence-corrected chi connectivity index (χ0v) is 10.6. The van der Waals surface area contributed by atoms with E-state index in [9.17, 15) is 0 Å². The lowest BCUT2D eigenvalue weighted by molar-refractivity contribution is 0.218. The summed E-state index contributed by atoms with van der Waals surface area (Å²) >= 11 is 3.49. The molecule has 82 valence electrons. The minimum atomic E-state index is 0.294. The second kappa shape index (κ2) is 4.24. The Bertz CT molecular complexity index is 347. The van der Waals surface area contributed by atoms with E-state index in [1.54, 1.807) is 0 Å². The summed E-state index contributed by atoms with van der Waals surface area (Å²) in [6.45, 7) is 1.76. The lowest BCUT2D eigenvalue weighted by atomic mass is 10.1. The zero-order valence-electron chi connectivity index (χ0n) is 9.04. The van der Waals surface area contributed by atoms with Crippen LogP contribution in [-0.2, 0) is 6.54 Å². The SMILES string of the molecule is CN(Cc1cccc(Br)c1)C1(CN)CC1. The molecule has 0 heterocycles. The Morgan fingerprint density at radius 1 is 1.47 bits per heavy atom. The zero-order chi connectivity index (χ0) is 10.9. The van der Waals surface area contributed by atoms with Gasteiger partial charge in [0.15, 0.2) is 0 Å². The Kier molecular flexibility index (Phi) is 3.14. The van der Waals surface area contributed by atoms with Crippen molar-refractivity contribution in [3.8, 4) is 0 Å². The highest BCUT2D eigenvalue weighted by Gasteiger charge is 2.44. The molecule has 0 spiro atoms. The maximum atomic E-state index is 5.80. The van der Waals surface area contributed by atoms with Crippen LogP contribution in [0.1, 0.15) is 18.4 Å². The molecular formula is C12H17BrN2. The van der Waals surface area contributed by atoms with Gasteiger partial charge in [-0.1, -0.05) is 28.1 Å². The van der Waals surface area contributed by atoms with Gasteiger partial charge < -0.3 is 5.73 Å². The summed E-state index contributed by atoms with van der Waals surface area (Å²) in [4.78, 5) is 2.38. The first-order valence-corrected chi connectivity index (χ1v) is 6.11. The third kappa shape index (κ3) is 2.41. The van der Waals surface area contributed by atoms with Gasteiger partial charge >= 0.3 is 0 Å². The second-order valence-corrected chi connectivity index (χ2v) is 5.33. The molecule has 0 aliphatic heterocycles. The molecule has 0 saturated heterocycles. The van der Waals surface area contributed by atoms with E-state index >= 15 is 0 Å². The van der Waals surface area contributed by atoms with Gasteiger partial charge in [-0.15, -0.1) is 0 Å². The normalized spacial score (nSPS) is 18.1. The van der Waals surface area contributed by atoms with Crippen molar-refractivity contribution < 1.29 is 0 Å². The maximum Gasteiger partial charge on any atom is 0.0333 e. The fourth-order valence-corrected chi connectivity index (χ4v) is 2.41. The molecule has 15 heavy (non-hydrogen) atoms. The summed E-state index contributed by atoms with van der Waals surface area (Å²) in [6.07, 6.45) is 2.49. The van der Waals surface area contributed by atoms with Gasteiger partial charge in [0, 0.05) is 23.1 Å². The van der Waals surface area contributed by atoms with Crippen molar-refractivity contribution in [3.63, 3.8) is 0 Å². The molecule has 0 unspecified atom stereocenters. The highest BCUT2D eigenvalue weighted by Crippen LogP contribution is 2.40. The van der Waals surface area contributed by atoms with Crippen molar-refractivity contribution in [2.75, 3.05) is 13.6 Å². The number of likely N-dealkylation sites (N-methyl/N-ethyl adjacent to an activating group) is 1. The molecule has 1 saturated carbocycles. The van der Waals surface area contributed by atoms with Gasteiger partial charge in [0.05, 0.1) is 0 Å². The molecular weight excluding hydrogens is 252 g/mol. The van der Waals surface area contributed by atoms with Crippen LogP contribution >= 0.6 is 15.9 Å². The predicted molar refractivity (Wildman–Crippen MR) is 66.6 cm³/mol. The average Bonchev–Trinajstić information content (AvgIpc) is 2.98. The third-order valence-corrected chi connectivity index (χ3v) is 3.82. The van der Waals surface area contributed by atoms with E-state index in [-0.39, 0.29) is 0 Å². The molecule has 0 aromatic heterocycles. The summed E-state index contributed by atoms with van der Waals surface area (Å²) in [5, 5.41) is 0. The smallest absolute Gasteiger partial charge is 0.0333 e. The highest BCUT2D eigenvalue weighted by atomic mass is 79.9. The summed E-state index contributed by atoms with van der Waals surface area (Å²) in [5.41, 5.74) is 7.44. The number of nitrogens with zero attached hydrogens (tertiary/aromatic N) is 1. The van der Waals surface area contributed by atoms with Gasteiger partial charge in [-0.05, 0) is 37.6 Å². The van der Waals surface area contributed by atoms with Gasteiger partial charge in [0.1, 0.15) is 0 Å². The largest absolute Gasteiger partial charge is 0.329 e. The van der Waals surface area contributed by atoms with Crippen molar-refractivity contribution in [2.45, 2.75) is 24.9 Å². The van der Waals surface area contributed by atoms with Crippen LogP contribution in [0.4, 0.5) is 0 Å². The molecule has 2 rings (SSSR count). The Balaban J connectivity index is 2.03. The van der Waals surface area contributed by atoms with Crippen LogP contribution < -0.4 is 5.73 Å². The van der Waals surface area contributed by atoms with Crippen molar-refractivity contribution >= 4 is 15.9 Å². The van der Waals surface area contributed by atoms with Crippen LogP contribution in [0.15, 0.2) is 28.7 Å². The van der Waals surface area contributed by atoms with E-state index in [4.69, 9.17) is 5.73 Å². The number of hydrogen-bond acceptors (Lipinski definition) is 2. The summed E-state index contributed by atoms with van der Waals surface area (Å²) in [7, 11) is 2.17. The fraction of sp³-hybridized carbons (Fsp3) is 0.500. The van der Waals surface area contributed by atoms with Crippen LogP contribution in [0.3, 0.4) is 0 Å². The van der Waals surface area contributed by atoms with Gasteiger partial charge in [-0.25, -0.2) is 0 Å². The summed E-state index contributed by atoms with van der Waals surface area (Å²) in [5.74, 6) is 0. The molecule has 3 heteroatoms. The van der Waals surface area contributed by atoms with Gasteiger partial charge in [0.25, 0.3) is 0 Å². The fourth-order valence-electron chi connectivity index (χ4n) is 1.96. The van der Waals surface area contributed by atoms with Crippen molar-refractivity contribution in [1.82, 2.24) is 4.90 Å². The first-order valence-electron chi connectivity index (χ1n) is 5.32. The molecule has 1 aliphatic rings. The van der Waals surface area contributed by atoms with E-state index in [0.29, 0.717) is 5.54 Å². The third-order valence-electron chi connectivity index (χ3n) is 3.33. The minimum Gasteiger partial charge on any atom is -0.329 e. The second-order valence-electron chi connectivity index (χ2n) is 4.41. The van der Waals surface area contributed by atoms with Crippen molar-refractivity contribution in [1.29, 1.82) is 0 Å². The van der Waals surface area contributed by atoms with Crippen LogP contribution in [0, 0.1) is 0 Å². The average molecular weight is 269 g/mol. The quantitative estimate of drug-likeness (QED) is 0.909. The Hall–Kier alpha value is -0.380. The maximum absolute atomic E-state index is 5.80. The van der Waals surface area contributed by atoms with E-state index in [1.165, 1.54) is 18.4 Å². The number of halogens is 1. The molecule has 0 radical (unpaired) electrons. The minimum absolute atomic E-state index is 0.294. The Labute approximate surface area is 99.6 Å². The van der Waals surface area contributed by atoms with Crippen LogP contribution in [0.5, 0.6) is 0 Å². The topological polar surface area (TPSA) is 29.3 Å². The Morgan fingerprint density at radius 2 is 2.20 bits per heavy atom. The molecule has 2 nitrogen and oxygen atoms in total. The van der Waals surface area contributed by atoms with E-state index in [1.807, 2.05) is 0 Å². The molecule has 0 atom stereocenters. The molecule has 2 N–H and O–H groups in total. The molecule has 1 aliphatic carbocycles. The van der Waals surface area contributed by atoms with Crippen molar-refractivity contribution in [3.05, 3.63) is 34.3 Å². The molecule has 0 amide bonds. The monoisotopic (exact) mass is 268 g/mol. The Morgan fingerprint density at radius 3 is 2.73 bits per heavy atom. The lowest BCUT2D eigenvalue weighted by Crippen LogP contribution is -2.39. The van der Waals surface area contributed by atoms with Crippen LogP contribution in [0.25, 0.3) is 0 Å². The van der Waals surface area contributed by atoms with Crippen LogP contribution in [0.2, 0.25) is 0 Å². The number of nitrogens with two attached hydrogens (primary N) is 1. The first-order chi connectivity index (χ1) is 7.16. The standard InChI is InChI=1S/C12H17BrN2/c1-15(12(9-14)5-6-12)8-10-3-2-4-11(13)7-10/h2-4,7H,5-6,8-9,14H2,1H3. The predicted octanol–water partition coefficient (Wildman–Crippen LogP) is 2.37. The first kappa shape index (κ1) is 11.1. The van der Waals surface area contributed by atoms with E-state index in [0.717, 1.165) is 17.6 Å². The molecule has 1 fully saturated rings.